The summed E-state index contributed by atoms with van der Waals surface area (Å²) < 4.78 is 4.92. The first-order chi connectivity index (χ1) is 9.54. The number of ether oxygens (including phenoxy) is 1. The van der Waals surface area contributed by atoms with Crippen LogP contribution in [0.4, 0.5) is 5.69 Å². The average molecular weight is 295 g/mol. The van der Waals surface area contributed by atoms with E-state index in [1.807, 2.05) is 36.2 Å². The summed E-state index contributed by atoms with van der Waals surface area (Å²) in [6.45, 7) is 1.58. The number of hydrogen-bond donors (Lipinski definition) is 2. The first-order valence-electron chi connectivity index (χ1n) is 6.41. The number of amides is 1. The molecule has 0 saturated heterocycles. The minimum Gasteiger partial charge on any atom is -0.389 e. The molecule has 0 aromatic heterocycles. The number of likely N-dealkylation sites (N-methyl/N-ethyl adjacent to an activating group) is 1. The van der Waals surface area contributed by atoms with Gasteiger partial charge in [0, 0.05) is 38.6 Å². The summed E-state index contributed by atoms with van der Waals surface area (Å²) in [6.07, 6.45) is 0.814. The van der Waals surface area contributed by atoms with Crippen LogP contribution in [0.25, 0.3) is 0 Å². The van der Waals surface area contributed by atoms with Gasteiger partial charge in [-0.2, -0.15) is 0 Å². The lowest BCUT2D eigenvalue weighted by Crippen LogP contribution is -2.35. The molecule has 0 saturated carbocycles. The monoisotopic (exact) mass is 295 g/mol. The van der Waals surface area contributed by atoms with Gasteiger partial charge in [-0.25, -0.2) is 0 Å². The van der Waals surface area contributed by atoms with E-state index in [1.54, 1.807) is 7.11 Å². The first-order valence-corrected chi connectivity index (χ1v) is 6.82. The number of nitrogens with zero attached hydrogens (tertiary/aromatic N) is 1. The molecule has 0 spiro atoms. The van der Waals surface area contributed by atoms with Crippen LogP contribution in [0.5, 0.6) is 0 Å². The number of benzene rings is 1. The van der Waals surface area contributed by atoms with Gasteiger partial charge >= 0.3 is 0 Å². The van der Waals surface area contributed by atoms with Crippen LogP contribution in [-0.2, 0) is 9.53 Å². The highest BCUT2D eigenvalue weighted by atomic mass is 32.1. The highest BCUT2D eigenvalue weighted by Gasteiger charge is 2.07. The van der Waals surface area contributed by atoms with Crippen molar-refractivity contribution in [1.29, 1.82) is 0 Å². The lowest BCUT2D eigenvalue weighted by molar-refractivity contribution is -0.119. The van der Waals surface area contributed by atoms with Gasteiger partial charge in [0.05, 0.1) is 6.54 Å². The largest absolute Gasteiger partial charge is 0.389 e. The summed E-state index contributed by atoms with van der Waals surface area (Å²) in [5, 5.41) is 2.85. The van der Waals surface area contributed by atoms with Crippen molar-refractivity contribution in [3.05, 3.63) is 29.8 Å². The molecular formula is C14H21N3O2S. The second-order valence-electron chi connectivity index (χ2n) is 4.46. The highest BCUT2D eigenvalue weighted by Crippen LogP contribution is 2.13. The van der Waals surface area contributed by atoms with E-state index in [4.69, 9.17) is 22.7 Å². The van der Waals surface area contributed by atoms with Crippen LogP contribution in [0.15, 0.2) is 24.3 Å². The van der Waals surface area contributed by atoms with Crippen LogP contribution in [0.3, 0.4) is 0 Å². The molecule has 0 bridgehead atoms. The maximum absolute atomic E-state index is 11.7. The molecule has 0 heterocycles. The van der Waals surface area contributed by atoms with E-state index in [-0.39, 0.29) is 5.91 Å². The molecule has 6 heteroatoms. The zero-order valence-electron chi connectivity index (χ0n) is 11.9. The van der Waals surface area contributed by atoms with Gasteiger partial charge in [0.1, 0.15) is 4.99 Å². The van der Waals surface area contributed by atoms with Crippen molar-refractivity contribution in [2.75, 3.05) is 38.8 Å². The van der Waals surface area contributed by atoms with Crippen molar-refractivity contribution in [3.63, 3.8) is 0 Å². The van der Waals surface area contributed by atoms with Crippen LogP contribution < -0.4 is 16.0 Å². The molecule has 0 aliphatic heterocycles. The lowest BCUT2D eigenvalue weighted by Gasteiger charge is -2.19. The Labute approximate surface area is 125 Å². The van der Waals surface area contributed by atoms with E-state index in [0.717, 1.165) is 17.7 Å². The molecule has 0 fully saturated rings. The number of thiocarbonyl (C=S) groups is 1. The SMILES string of the molecule is COCCCNC(=O)CN(C)c1ccc(C(N)=S)cc1. The van der Waals surface area contributed by atoms with Crippen LogP contribution in [0.1, 0.15) is 12.0 Å². The number of anilines is 1. The Kier molecular flexibility index (Phi) is 6.97. The van der Waals surface area contributed by atoms with E-state index >= 15 is 0 Å². The molecule has 5 nitrogen and oxygen atoms in total. The normalized spacial score (nSPS) is 10.1. The van der Waals surface area contributed by atoms with Crippen LogP contribution in [0.2, 0.25) is 0 Å². The summed E-state index contributed by atoms with van der Waals surface area (Å²) >= 11 is 4.90. The van der Waals surface area contributed by atoms with E-state index < -0.39 is 0 Å². The molecule has 1 aromatic carbocycles. The number of rotatable bonds is 8. The maximum Gasteiger partial charge on any atom is 0.239 e. The Bertz CT molecular complexity index is 448. The van der Waals surface area contributed by atoms with Crippen molar-refractivity contribution < 1.29 is 9.53 Å². The predicted octanol–water partition coefficient (Wildman–Crippen LogP) is 0.910. The minimum absolute atomic E-state index is 0.0120. The van der Waals surface area contributed by atoms with Gasteiger partial charge in [-0.15, -0.1) is 0 Å². The number of methoxy groups -OCH3 is 1. The second kappa shape index (κ2) is 8.50. The first kappa shape index (κ1) is 16.4. The summed E-state index contributed by atoms with van der Waals surface area (Å²) in [5.74, 6) is -0.0120. The van der Waals surface area contributed by atoms with Crippen molar-refractivity contribution in [1.82, 2.24) is 5.32 Å². The van der Waals surface area contributed by atoms with Crippen LogP contribution in [-0.4, -0.2) is 44.7 Å². The number of nitrogens with two attached hydrogens (primary N) is 1. The van der Waals surface area contributed by atoms with Crippen molar-refractivity contribution in [3.8, 4) is 0 Å². The zero-order valence-corrected chi connectivity index (χ0v) is 12.7. The van der Waals surface area contributed by atoms with Gasteiger partial charge in [0.2, 0.25) is 5.91 Å². The van der Waals surface area contributed by atoms with Crippen LogP contribution in [0, 0.1) is 0 Å². The molecule has 3 N–H and O–H groups in total. The summed E-state index contributed by atoms with van der Waals surface area (Å²) in [7, 11) is 3.51. The highest BCUT2D eigenvalue weighted by molar-refractivity contribution is 7.80. The third-order valence-corrected chi connectivity index (χ3v) is 3.06. The van der Waals surface area contributed by atoms with Gasteiger partial charge in [-0.05, 0) is 30.7 Å². The molecule has 0 unspecified atom stereocenters. The van der Waals surface area contributed by atoms with Gasteiger partial charge < -0.3 is 20.7 Å². The van der Waals surface area contributed by atoms with E-state index in [9.17, 15) is 4.79 Å². The molecular weight excluding hydrogens is 274 g/mol. The fourth-order valence-corrected chi connectivity index (χ4v) is 1.82. The Morgan fingerprint density at radius 1 is 1.40 bits per heavy atom. The number of hydrogen-bond acceptors (Lipinski definition) is 4. The molecule has 0 radical (unpaired) electrons. The predicted molar refractivity (Wildman–Crippen MR) is 85.1 cm³/mol. The van der Waals surface area contributed by atoms with Gasteiger partial charge in [-0.3, -0.25) is 4.79 Å². The molecule has 0 aliphatic rings. The molecule has 110 valence electrons. The van der Waals surface area contributed by atoms with E-state index in [2.05, 4.69) is 5.32 Å². The lowest BCUT2D eigenvalue weighted by atomic mass is 10.2. The van der Waals surface area contributed by atoms with Crippen molar-refractivity contribution in [2.24, 2.45) is 5.73 Å². The van der Waals surface area contributed by atoms with Crippen molar-refractivity contribution >= 4 is 28.8 Å². The number of carbonyl (C=O) groups excluding carboxylic acids is 1. The molecule has 1 aromatic rings. The minimum atomic E-state index is -0.0120. The van der Waals surface area contributed by atoms with Crippen LogP contribution >= 0.6 is 12.2 Å². The Morgan fingerprint density at radius 3 is 2.60 bits per heavy atom. The second-order valence-corrected chi connectivity index (χ2v) is 4.90. The third kappa shape index (κ3) is 5.54. The fraction of sp³-hybridized carbons (Fsp3) is 0.429. The standard InChI is InChI=1S/C14H21N3O2S/c1-17(10-13(18)16-8-3-9-19-2)12-6-4-11(5-7-12)14(15)20/h4-7H,3,8-10H2,1-2H3,(H2,15,20)(H,16,18). The molecule has 0 atom stereocenters. The van der Waals surface area contributed by atoms with Crippen molar-refractivity contribution in [2.45, 2.75) is 6.42 Å². The molecule has 1 amide bonds. The summed E-state index contributed by atoms with van der Waals surface area (Å²) in [4.78, 5) is 14.0. The quantitative estimate of drug-likeness (QED) is 0.551. The van der Waals surface area contributed by atoms with E-state index in [1.165, 1.54) is 0 Å². The Balaban J connectivity index is 2.43. The zero-order chi connectivity index (χ0) is 15.0. The maximum atomic E-state index is 11.7. The average Bonchev–Trinajstić information content (AvgIpc) is 2.43. The Hall–Kier alpha value is -1.66. The van der Waals surface area contributed by atoms with E-state index in [0.29, 0.717) is 24.7 Å². The van der Waals surface area contributed by atoms with Gasteiger partial charge in [-0.1, -0.05) is 12.2 Å². The van der Waals surface area contributed by atoms with Gasteiger partial charge in [0.15, 0.2) is 0 Å². The summed E-state index contributed by atoms with van der Waals surface area (Å²) in [6, 6.07) is 7.49. The third-order valence-electron chi connectivity index (χ3n) is 2.82. The fourth-order valence-electron chi connectivity index (χ4n) is 1.69. The number of carbonyl (C=O) groups is 1. The molecule has 0 aliphatic carbocycles. The molecule has 1 rings (SSSR count). The summed E-state index contributed by atoms with van der Waals surface area (Å²) in [5.41, 5.74) is 7.31. The molecule has 20 heavy (non-hydrogen) atoms. The topological polar surface area (TPSA) is 67.6 Å². The number of nitrogens with one attached hydrogen (secondary N) is 1. The smallest absolute Gasteiger partial charge is 0.239 e. The Morgan fingerprint density at radius 2 is 2.05 bits per heavy atom. The van der Waals surface area contributed by atoms with Gasteiger partial charge in [0.25, 0.3) is 0 Å².